The molecule has 6 aliphatic rings. The van der Waals surface area contributed by atoms with Crippen LogP contribution in [0.5, 0.6) is 0 Å². The van der Waals surface area contributed by atoms with E-state index in [-0.39, 0.29) is 32.9 Å². The molecule has 6 rings (SSSR count). The Morgan fingerprint density at radius 2 is 0.703 bits per heavy atom. The molecule has 6 aliphatic carbocycles. The molecule has 0 unspecified atom stereocenters. The second-order valence-electron chi connectivity index (χ2n) is 12.8. The van der Waals surface area contributed by atoms with Gasteiger partial charge in [-0.1, -0.05) is 77.0 Å². The standard InChI is InChI=1S/2C17H28P.Fe/c2*1-3-9-15(10-4-1)18(17-13-7-8-14-17)16-11-5-2-6-12-16;/h2*7,13,15-16H,1-6,8-12,14H2;/q2*-1;+2. The van der Waals surface area contributed by atoms with Gasteiger partial charge < -0.3 is 0 Å². The quantitative estimate of drug-likeness (QED) is 0.166. The van der Waals surface area contributed by atoms with E-state index in [1.807, 2.05) is 10.6 Å². The van der Waals surface area contributed by atoms with Crippen molar-refractivity contribution in [3.8, 4) is 0 Å². The summed E-state index contributed by atoms with van der Waals surface area (Å²) in [5, 5.41) is 3.81. The molecule has 0 saturated heterocycles. The molecular formula is C34H56FeP2. The van der Waals surface area contributed by atoms with Crippen molar-refractivity contribution in [1.29, 1.82) is 0 Å². The summed E-state index contributed by atoms with van der Waals surface area (Å²) < 4.78 is 0. The molecule has 0 amide bonds. The van der Waals surface area contributed by atoms with E-state index in [0.29, 0.717) is 0 Å². The molecule has 0 atom stereocenters. The van der Waals surface area contributed by atoms with E-state index in [4.69, 9.17) is 0 Å². The molecule has 37 heavy (non-hydrogen) atoms. The molecule has 0 spiro atoms. The van der Waals surface area contributed by atoms with Crippen LogP contribution in [-0.2, 0) is 17.1 Å². The third-order valence-corrected chi connectivity index (χ3v) is 17.6. The van der Waals surface area contributed by atoms with Gasteiger partial charge in [0, 0.05) is 0 Å². The summed E-state index contributed by atoms with van der Waals surface area (Å²) in [4.78, 5) is 0. The summed E-state index contributed by atoms with van der Waals surface area (Å²) in [6.45, 7) is 0. The molecule has 4 saturated carbocycles. The predicted molar refractivity (Wildman–Crippen MR) is 165 cm³/mol. The maximum absolute atomic E-state index is 2.54. The van der Waals surface area contributed by atoms with Crippen LogP contribution < -0.4 is 0 Å². The zero-order valence-corrected chi connectivity index (χ0v) is 26.7. The smallest absolute Gasteiger partial charge is 0.231 e. The molecule has 0 aromatic rings. The maximum Gasteiger partial charge on any atom is 2.00 e. The molecule has 0 aliphatic heterocycles. The van der Waals surface area contributed by atoms with Gasteiger partial charge in [-0.25, -0.2) is 25.0 Å². The molecule has 0 aromatic heterocycles. The van der Waals surface area contributed by atoms with Crippen LogP contribution in [0.25, 0.3) is 0 Å². The first kappa shape index (κ1) is 30.6. The van der Waals surface area contributed by atoms with Crippen molar-refractivity contribution in [2.75, 3.05) is 0 Å². The van der Waals surface area contributed by atoms with Crippen LogP contribution in [0.2, 0.25) is 0 Å². The van der Waals surface area contributed by atoms with E-state index in [9.17, 15) is 0 Å². The first-order valence-electron chi connectivity index (χ1n) is 16.5. The third kappa shape index (κ3) is 8.79. The Morgan fingerprint density at radius 1 is 0.432 bits per heavy atom. The Morgan fingerprint density at radius 3 is 0.919 bits per heavy atom. The summed E-state index contributed by atoms with van der Waals surface area (Å²) in [5.74, 6) is 0. The Bertz CT molecular complexity index is 595. The van der Waals surface area contributed by atoms with Crippen molar-refractivity contribution in [2.45, 2.75) is 177 Å². The normalized spacial score (nSPS) is 26.5. The largest absolute Gasteiger partial charge is 2.00 e. The fourth-order valence-corrected chi connectivity index (χ4v) is 16.6. The predicted octanol–water partition coefficient (Wildman–Crippen LogP) is 12.0. The maximum atomic E-state index is 2.54. The molecule has 3 heteroatoms. The van der Waals surface area contributed by atoms with Crippen molar-refractivity contribution in [1.82, 2.24) is 0 Å². The molecule has 0 heterocycles. The molecular weight excluding hydrogens is 526 g/mol. The van der Waals surface area contributed by atoms with Crippen LogP contribution in [0.1, 0.15) is 154 Å². The van der Waals surface area contributed by atoms with Crippen molar-refractivity contribution in [2.24, 2.45) is 0 Å². The number of hydrogen-bond acceptors (Lipinski definition) is 0. The van der Waals surface area contributed by atoms with Gasteiger partial charge in [0.05, 0.1) is 0 Å². The summed E-state index contributed by atoms with van der Waals surface area (Å²) in [6, 6.07) is 0. The van der Waals surface area contributed by atoms with Crippen molar-refractivity contribution in [3.63, 3.8) is 0 Å². The number of rotatable bonds is 6. The SMILES string of the molecule is C1=C(P(C2CCCCC2)C2CCCCC2)CC[CH-]1.C1=C(P(C2CCCCC2)C2CCCCC2)CC[CH-]1.[Fe+2]. The van der Waals surface area contributed by atoms with E-state index in [0.717, 1.165) is 22.6 Å². The van der Waals surface area contributed by atoms with Gasteiger partial charge in [-0.05, 0) is 74.0 Å². The Hall–Kier alpha value is 0.599. The first-order chi connectivity index (χ1) is 17.9. The fraction of sp³-hybridized carbons (Fsp3) is 0.824. The zero-order chi connectivity index (χ0) is 24.4. The minimum absolute atomic E-state index is 0. The minimum Gasteiger partial charge on any atom is -0.231 e. The summed E-state index contributed by atoms with van der Waals surface area (Å²) >= 11 is 0. The molecule has 210 valence electrons. The van der Waals surface area contributed by atoms with E-state index in [1.165, 1.54) is 103 Å². The van der Waals surface area contributed by atoms with E-state index < -0.39 is 0 Å². The number of allylic oxidation sites excluding steroid dienone is 4. The second kappa shape index (κ2) is 16.8. The van der Waals surface area contributed by atoms with Gasteiger partial charge in [0.1, 0.15) is 0 Å². The molecule has 0 nitrogen and oxygen atoms in total. The summed E-state index contributed by atoms with van der Waals surface area (Å²) in [7, 11) is 0.463. The van der Waals surface area contributed by atoms with Gasteiger partial charge in [-0.2, -0.15) is 26.5 Å². The van der Waals surface area contributed by atoms with Crippen molar-refractivity contribution in [3.05, 3.63) is 35.6 Å². The van der Waals surface area contributed by atoms with Crippen LogP contribution >= 0.6 is 15.8 Å². The van der Waals surface area contributed by atoms with Crippen LogP contribution in [0.4, 0.5) is 0 Å². The average Bonchev–Trinajstić information content (AvgIpc) is 3.68. The van der Waals surface area contributed by atoms with Crippen molar-refractivity contribution < 1.29 is 17.1 Å². The molecule has 0 bridgehead atoms. The average molecular weight is 583 g/mol. The van der Waals surface area contributed by atoms with Crippen LogP contribution in [0, 0.1) is 12.8 Å². The molecule has 0 radical (unpaired) electrons. The third-order valence-electron chi connectivity index (χ3n) is 10.3. The van der Waals surface area contributed by atoms with Gasteiger partial charge in [0.2, 0.25) is 0 Å². The Labute approximate surface area is 244 Å². The molecule has 0 aromatic carbocycles. The zero-order valence-electron chi connectivity index (χ0n) is 23.8. The minimum atomic E-state index is 0. The second-order valence-corrected chi connectivity index (χ2v) is 18.5. The topological polar surface area (TPSA) is 0 Å². The Balaban J connectivity index is 0.000000168. The van der Waals surface area contributed by atoms with Gasteiger partial charge >= 0.3 is 17.1 Å². The van der Waals surface area contributed by atoms with Gasteiger partial charge in [-0.15, -0.1) is 25.7 Å². The monoisotopic (exact) mass is 582 g/mol. The van der Waals surface area contributed by atoms with Gasteiger partial charge in [0.15, 0.2) is 0 Å². The molecule has 4 fully saturated rings. The van der Waals surface area contributed by atoms with Crippen molar-refractivity contribution >= 4 is 15.8 Å². The van der Waals surface area contributed by atoms with E-state index >= 15 is 0 Å². The Kier molecular flexibility index (Phi) is 13.8. The van der Waals surface area contributed by atoms with Crippen LogP contribution in [-0.4, -0.2) is 22.6 Å². The van der Waals surface area contributed by atoms with Gasteiger partial charge in [-0.3, -0.25) is 0 Å². The first-order valence-corrected chi connectivity index (χ1v) is 19.5. The van der Waals surface area contributed by atoms with Crippen LogP contribution in [0.15, 0.2) is 22.8 Å². The van der Waals surface area contributed by atoms with E-state index in [2.05, 4.69) is 25.0 Å². The molecule has 0 N–H and O–H groups in total. The van der Waals surface area contributed by atoms with Crippen LogP contribution in [0.3, 0.4) is 0 Å². The summed E-state index contributed by atoms with van der Waals surface area (Å²) in [5.41, 5.74) is 4.42. The summed E-state index contributed by atoms with van der Waals surface area (Å²) in [6.07, 6.45) is 46.1. The van der Waals surface area contributed by atoms with E-state index in [1.54, 1.807) is 51.4 Å². The fourth-order valence-electron chi connectivity index (χ4n) is 8.47. The number of hydrogen-bond donors (Lipinski definition) is 0. The van der Waals surface area contributed by atoms with Gasteiger partial charge in [0.25, 0.3) is 0 Å².